The summed E-state index contributed by atoms with van der Waals surface area (Å²) in [5.41, 5.74) is 3.51. The number of aryl methyl sites for hydroxylation is 1. The van der Waals surface area contributed by atoms with Crippen LogP contribution in [-0.2, 0) is 16.0 Å². The van der Waals surface area contributed by atoms with Crippen LogP contribution in [0.4, 0.5) is 5.69 Å². The second kappa shape index (κ2) is 9.93. The van der Waals surface area contributed by atoms with Gasteiger partial charge in [-0.05, 0) is 73.2 Å². The summed E-state index contributed by atoms with van der Waals surface area (Å²) < 4.78 is 6.14. The molecule has 0 spiro atoms. The van der Waals surface area contributed by atoms with E-state index in [2.05, 4.69) is 48.5 Å². The van der Waals surface area contributed by atoms with Gasteiger partial charge in [-0.2, -0.15) is 0 Å². The van der Waals surface area contributed by atoms with Crippen LogP contribution in [-0.4, -0.2) is 54.0 Å². The molecule has 0 saturated carbocycles. The van der Waals surface area contributed by atoms with Crippen molar-refractivity contribution in [2.75, 3.05) is 31.1 Å². The maximum absolute atomic E-state index is 13.5. The van der Waals surface area contributed by atoms with Gasteiger partial charge in [0.1, 0.15) is 5.69 Å². The van der Waals surface area contributed by atoms with E-state index < -0.39 is 0 Å². The van der Waals surface area contributed by atoms with E-state index in [4.69, 9.17) is 9.72 Å². The Hall–Kier alpha value is -1.63. The molecule has 184 valence electrons. The number of carbonyl (C=O) groups is 2. The van der Waals surface area contributed by atoms with Crippen molar-refractivity contribution in [2.45, 2.75) is 86.7 Å². The monoisotopic (exact) mass is 521 g/mol. The lowest BCUT2D eigenvalue weighted by molar-refractivity contribution is -0.146. The van der Waals surface area contributed by atoms with Gasteiger partial charge in [0.25, 0.3) is 5.91 Å². The molecule has 1 amide bonds. The SMILES string of the molecule is Cc1nc(C(=O)N2CCC(C)(C)CC2)c(Br)c(N2CCC(C)(C)CC2)c1CC(=O)OC(C)C. The standard InChI is InChI=1S/C26H40BrN3O3/c1-17(2)33-20(31)16-19-18(3)28-22(24(32)30-14-10-26(6,7)11-15-30)21(27)23(19)29-12-8-25(4,5)9-13-29/h17H,8-16H2,1-7H3. The Balaban J connectivity index is 1.98. The molecule has 0 aliphatic carbocycles. The first-order chi connectivity index (χ1) is 15.3. The summed E-state index contributed by atoms with van der Waals surface area (Å²) >= 11 is 3.76. The number of rotatable bonds is 5. The maximum Gasteiger partial charge on any atom is 0.310 e. The second-order valence-corrected chi connectivity index (χ2v) is 12.3. The highest BCUT2D eigenvalue weighted by atomic mass is 79.9. The minimum atomic E-state index is -0.266. The number of aromatic nitrogens is 1. The third-order valence-corrected chi connectivity index (χ3v) is 7.90. The molecule has 3 heterocycles. The molecule has 1 aromatic rings. The fourth-order valence-electron chi connectivity index (χ4n) is 4.63. The van der Waals surface area contributed by atoms with Crippen LogP contribution in [0, 0.1) is 17.8 Å². The van der Waals surface area contributed by atoms with Gasteiger partial charge >= 0.3 is 5.97 Å². The molecule has 0 aromatic carbocycles. The van der Waals surface area contributed by atoms with Gasteiger partial charge in [-0.1, -0.05) is 27.7 Å². The van der Waals surface area contributed by atoms with Crippen molar-refractivity contribution in [2.24, 2.45) is 10.8 Å². The molecule has 2 aliphatic heterocycles. The normalized spacial score (nSPS) is 20.2. The van der Waals surface area contributed by atoms with Crippen molar-refractivity contribution >= 4 is 33.5 Å². The smallest absolute Gasteiger partial charge is 0.310 e. The number of esters is 1. The summed E-state index contributed by atoms with van der Waals surface area (Å²) in [4.78, 5) is 35.1. The minimum absolute atomic E-state index is 0.0321. The lowest BCUT2D eigenvalue weighted by Crippen LogP contribution is -2.42. The average molecular weight is 523 g/mol. The minimum Gasteiger partial charge on any atom is -0.463 e. The number of nitrogens with zero attached hydrogens (tertiary/aromatic N) is 3. The molecule has 33 heavy (non-hydrogen) atoms. The second-order valence-electron chi connectivity index (χ2n) is 11.5. The van der Waals surface area contributed by atoms with E-state index in [1.54, 1.807) is 0 Å². The molecule has 2 fully saturated rings. The summed E-state index contributed by atoms with van der Waals surface area (Å²) in [6, 6.07) is 0. The first-order valence-electron chi connectivity index (χ1n) is 12.2. The molecule has 1 aromatic heterocycles. The highest BCUT2D eigenvalue weighted by Gasteiger charge is 2.34. The summed E-state index contributed by atoms with van der Waals surface area (Å²) in [6.07, 6.45) is 4.07. The van der Waals surface area contributed by atoms with Gasteiger partial charge < -0.3 is 14.5 Å². The third kappa shape index (κ3) is 6.28. The zero-order valence-electron chi connectivity index (χ0n) is 21.4. The van der Waals surface area contributed by atoms with Crippen molar-refractivity contribution in [3.05, 3.63) is 21.4 Å². The van der Waals surface area contributed by atoms with Gasteiger partial charge in [0, 0.05) is 37.4 Å². The van der Waals surface area contributed by atoms with Crippen LogP contribution in [0.1, 0.15) is 89.0 Å². The summed E-state index contributed by atoms with van der Waals surface area (Å²) in [6.45, 7) is 18.0. The molecule has 0 unspecified atom stereocenters. The molecule has 2 saturated heterocycles. The van der Waals surface area contributed by atoms with Gasteiger partial charge in [-0.15, -0.1) is 0 Å². The Kier molecular flexibility index (Phi) is 7.82. The quantitative estimate of drug-likeness (QED) is 0.476. The average Bonchev–Trinajstić information content (AvgIpc) is 2.70. The van der Waals surface area contributed by atoms with Crippen LogP contribution in [0.2, 0.25) is 0 Å². The van der Waals surface area contributed by atoms with Gasteiger partial charge in [0.05, 0.1) is 22.7 Å². The number of hydrogen-bond donors (Lipinski definition) is 0. The molecule has 0 atom stereocenters. The predicted octanol–water partition coefficient (Wildman–Crippen LogP) is 5.54. The largest absolute Gasteiger partial charge is 0.463 e. The van der Waals surface area contributed by atoms with Crippen LogP contribution in [0.5, 0.6) is 0 Å². The number of amides is 1. The molecule has 0 N–H and O–H groups in total. The van der Waals surface area contributed by atoms with Gasteiger partial charge in [0.2, 0.25) is 0 Å². The Morgan fingerprint density at radius 3 is 2.03 bits per heavy atom. The molecule has 0 bridgehead atoms. The first kappa shape index (κ1) is 26.0. The molecule has 0 radical (unpaired) electrons. The summed E-state index contributed by atoms with van der Waals surface area (Å²) in [7, 11) is 0. The number of likely N-dealkylation sites (tertiary alicyclic amines) is 1. The topological polar surface area (TPSA) is 62.7 Å². The van der Waals surface area contributed by atoms with Crippen molar-refractivity contribution in [3.63, 3.8) is 0 Å². The lowest BCUT2D eigenvalue weighted by atomic mass is 9.82. The fourth-order valence-corrected chi connectivity index (χ4v) is 5.38. The van der Waals surface area contributed by atoms with Gasteiger partial charge in [-0.25, -0.2) is 4.98 Å². The predicted molar refractivity (Wildman–Crippen MR) is 136 cm³/mol. The van der Waals surface area contributed by atoms with E-state index >= 15 is 0 Å². The van der Waals surface area contributed by atoms with Crippen molar-refractivity contribution in [1.82, 2.24) is 9.88 Å². The molecule has 3 rings (SSSR count). The fraction of sp³-hybridized carbons (Fsp3) is 0.731. The Labute approximate surface area is 207 Å². The van der Waals surface area contributed by atoms with Crippen molar-refractivity contribution in [3.8, 4) is 0 Å². The van der Waals surface area contributed by atoms with Gasteiger partial charge in [-0.3, -0.25) is 9.59 Å². The van der Waals surface area contributed by atoms with E-state index in [1.165, 1.54) is 0 Å². The van der Waals surface area contributed by atoms with Crippen molar-refractivity contribution < 1.29 is 14.3 Å². The van der Waals surface area contributed by atoms with Crippen LogP contribution >= 0.6 is 15.9 Å². The number of halogens is 1. The molecule has 7 heteroatoms. The molecule has 2 aliphatic rings. The van der Waals surface area contributed by atoms with E-state index in [0.29, 0.717) is 15.6 Å². The van der Waals surface area contributed by atoms with E-state index in [-0.39, 0.29) is 29.8 Å². The van der Waals surface area contributed by atoms with E-state index in [0.717, 1.165) is 68.8 Å². The zero-order valence-corrected chi connectivity index (χ0v) is 23.0. The van der Waals surface area contributed by atoms with Crippen LogP contribution in [0.25, 0.3) is 0 Å². The van der Waals surface area contributed by atoms with Crippen LogP contribution in [0.3, 0.4) is 0 Å². The highest BCUT2D eigenvalue weighted by molar-refractivity contribution is 9.10. The first-order valence-corrected chi connectivity index (χ1v) is 13.0. The summed E-state index contributed by atoms with van der Waals surface area (Å²) in [5, 5.41) is 0. The van der Waals surface area contributed by atoms with Crippen molar-refractivity contribution in [1.29, 1.82) is 0 Å². The summed E-state index contributed by atoms with van der Waals surface area (Å²) in [5.74, 6) is -0.298. The van der Waals surface area contributed by atoms with Gasteiger partial charge in [0.15, 0.2) is 0 Å². The Morgan fingerprint density at radius 1 is 1.00 bits per heavy atom. The van der Waals surface area contributed by atoms with E-state index in [1.807, 2.05) is 25.7 Å². The van der Waals surface area contributed by atoms with Crippen LogP contribution in [0.15, 0.2) is 4.47 Å². The number of piperidine rings is 2. The number of carbonyl (C=O) groups excluding carboxylic acids is 2. The zero-order chi connectivity index (χ0) is 24.6. The maximum atomic E-state index is 13.5. The lowest BCUT2D eigenvalue weighted by Gasteiger charge is -2.40. The number of ether oxygens (including phenoxy) is 1. The van der Waals surface area contributed by atoms with E-state index in [9.17, 15) is 9.59 Å². The molecular weight excluding hydrogens is 482 g/mol. The number of hydrogen-bond acceptors (Lipinski definition) is 5. The third-order valence-electron chi connectivity index (χ3n) is 7.15. The number of anilines is 1. The Bertz CT molecular complexity index is 891. The Morgan fingerprint density at radius 2 is 1.52 bits per heavy atom. The molecular formula is C26H40BrN3O3. The number of pyridine rings is 1. The molecule has 6 nitrogen and oxygen atoms in total. The highest BCUT2D eigenvalue weighted by Crippen LogP contribution is 2.40. The van der Waals surface area contributed by atoms with Crippen LogP contribution < -0.4 is 4.90 Å².